The number of rotatable bonds is 3. The number of hydrogen-bond donors (Lipinski definition) is 1. The molecular weight excluding hydrogens is 242 g/mol. The topological polar surface area (TPSA) is 52.7 Å². The fourth-order valence-electron chi connectivity index (χ4n) is 2.12. The largest absolute Gasteiger partial charge is 0.342 e. The van der Waals surface area contributed by atoms with Gasteiger partial charge in [-0.05, 0) is 18.1 Å². The van der Waals surface area contributed by atoms with Crippen LogP contribution >= 0.6 is 0 Å². The lowest BCUT2D eigenvalue weighted by Gasteiger charge is -2.32. The normalized spacial score (nSPS) is 15.2. The third-order valence-corrected chi connectivity index (χ3v) is 3.44. The number of carbonyl (C=O) groups excluding carboxylic acids is 2. The Bertz CT molecular complexity index is 454. The van der Waals surface area contributed by atoms with E-state index in [0.717, 1.165) is 12.0 Å². The van der Waals surface area contributed by atoms with Gasteiger partial charge in [0.15, 0.2) is 0 Å². The zero-order valence-electron chi connectivity index (χ0n) is 11.1. The SMILES string of the molecule is Cc1ccccc1CNC(=O)N1CCN(C=O)CC1. The van der Waals surface area contributed by atoms with Gasteiger partial charge in [0.25, 0.3) is 0 Å². The predicted octanol–water partition coefficient (Wildman–Crippen LogP) is 0.979. The molecule has 1 fully saturated rings. The molecule has 5 nitrogen and oxygen atoms in total. The fraction of sp³-hybridized carbons (Fsp3) is 0.429. The molecule has 0 aliphatic carbocycles. The molecule has 1 aromatic rings. The lowest BCUT2D eigenvalue weighted by molar-refractivity contribution is -0.119. The van der Waals surface area contributed by atoms with E-state index in [2.05, 4.69) is 5.32 Å². The predicted molar refractivity (Wildman–Crippen MR) is 72.6 cm³/mol. The maximum Gasteiger partial charge on any atom is 0.317 e. The molecule has 0 spiro atoms. The second kappa shape index (κ2) is 6.22. The lowest BCUT2D eigenvalue weighted by Crippen LogP contribution is -2.51. The third-order valence-electron chi connectivity index (χ3n) is 3.44. The van der Waals surface area contributed by atoms with Crippen molar-refractivity contribution < 1.29 is 9.59 Å². The zero-order chi connectivity index (χ0) is 13.7. The van der Waals surface area contributed by atoms with Gasteiger partial charge >= 0.3 is 6.03 Å². The number of urea groups is 1. The molecule has 1 saturated heterocycles. The number of nitrogens with zero attached hydrogens (tertiary/aromatic N) is 2. The summed E-state index contributed by atoms with van der Waals surface area (Å²) in [5, 5.41) is 2.92. The van der Waals surface area contributed by atoms with Crippen molar-refractivity contribution in [2.45, 2.75) is 13.5 Å². The smallest absolute Gasteiger partial charge is 0.317 e. The molecule has 2 rings (SSSR count). The second-order valence-electron chi connectivity index (χ2n) is 4.71. The van der Waals surface area contributed by atoms with E-state index in [-0.39, 0.29) is 6.03 Å². The van der Waals surface area contributed by atoms with Crippen molar-refractivity contribution in [3.8, 4) is 0 Å². The number of piperazine rings is 1. The van der Waals surface area contributed by atoms with E-state index in [4.69, 9.17) is 0 Å². The van der Waals surface area contributed by atoms with Gasteiger partial charge in [-0.2, -0.15) is 0 Å². The average molecular weight is 261 g/mol. The highest BCUT2D eigenvalue weighted by Crippen LogP contribution is 2.07. The molecule has 0 atom stereocenters. The van der Waals surface area contributed by atoms with Crippen molar-refractivity contribution in [1.29, 1.82) is 0 Å². The Morgan fingerprint density at radius 1 is 1.26 bits per heavy atom. The Morgan fingerprint density at radius 3 is 2.58 bits per heavy atom. The molecule has 1 aliphatic heterocycles. The van der Waals surface area contributed by atoms with Crippen LogP contribution in [0.2, 0.25) is 0 Å². The summed E-state index contributed by atoms with van der Waals surface area (Å²) in [7, 11) is 0. The summed E-state index contributed by atoms with van der Waals surface area (Å²) >= 11 is 0. The summed E-state index contributed by atoms with van der Waals surface area (Å²) in [5.41, 5.74) is 2.30. The van der Waals surface area contributed by atoms with E-state index >= 15 is 0 Å². The van der Waals surface area contributed by atoms with Gasteiger partial charge in [-0.3, -0.25) is 4.79 Å². The van der Waals surface area contributed by atoms with Crippen molar-refractivity contribution in [2.24, 2.45) is 0 Å². The number of aryl methyl sites for hydroxylation is 1. The molecular formula is C14H19N3O2. The summed E-state index contributed by atoms with van der Waals surface area (Å²) in [5.74, 6) is 0. The summed E-state index contributed by atoms with van der Waals surface area (Å²) < 4.78 is 0. The van der Waals surface area contributed by atoms with E-state index in [0.29, 0.717) is 32.7 Å². The molecule has 1 aliphatic rings. The van der Waals surface area contributed by atoms with Crippen LogP contribution in [-0.4, -0.2) is 48.4 Å². The highest BCUT2D eigenvalue weighted by Gasteiger charge is 2.19. The first-order valence-corrected chi connectivity index (χ1v) is 6.47. The third kappa shape index (κ3) is 3.47. The number of nitrogens with one attached hydrogen (secondary N) is 1. The van der Waals surface area contributed by atoms with Crippen molar-refractivity contribution in [2.75, 3.05) is 26.2 Å². The number of amides is 3. The average Bonchev–Trinajstić information content (AvgIpc) is 2.46. The number of hydrogen-bond acceptors (Lipinski definition) is 2. The summed E-state index contributed by atoms with van der Waals surface area (Å²) in [6.07, 6.45) is 0.836. The Labute approximate surface area is 113 Å². The number of benzene rings is 1. The molecule has 19 heavy (non-hydrogen) atoms. The van der Waals surface area contributed by atoms with E-state index in [9.17, 15) is 9.59 Å². The van der Waals surface area contributed by atoms with Crippen molar-refractivity contribution >= 4 is 12.4 Å². The quantitative estimate of drug-likeness (QED) is 0.825. The van der Waals surface area contributed by atoms with Crippen LogP contribution in [0.25, 0.3) is 0 Å². The van der Waals surface area contributed by atoms with Gasteiger partial charge in [0.1, 0.15) is 0 Å². The molecule has 0 bridgehead atoms. The first-order chi connectivity index (χ1) is 9.20. The molecule has 0 unspecified atom stereocenters. The minimum Gasteiger partial charge on any atom is -0.342 e. The van der Waals surface area contributed by atoms with Crippen LogP contribution < -0.4 is 5.32 Å². The highest BCUT2D eigenvalue weighted by atomic mass is 16.2. The minimum atomic E-state index is -0.0613. The first kappa shape index (κ1) is 13.4. The Kier molecular flexibility index (Phi) is 4.39. The standard InChI is InChI=1S/C14H19N3O2/c1-12-4-2-3-5-13(12)10-15-14(19)17-8-6-16(11-18)7-9-17/h2-5,11H,6-10H2,1H3,(H,15,19). The first-order valence-electron chi connectivity index (χ1n) is 6.47. The zero-order valence-corrected chi connectivity index (χ0v) is 11.1. The van der Waals surface area contributed by atoms with Crippen LogP contribution in [0.3, 0.4) is 0 Å². The molecule has 3 amide bonds. The van der Waals surface area contributed by atoms with Crippen molar-refractivity contribution in [3.05, 3.63) is 35.4 Å². The van der Waals surface area contributed by atoms with Crippen LogP contribution in [0.1, 0.15) is 11.1 Å². The Morgan fingerprint density at radius 2 is 1.95 bits per heavy atom. The lowest BCUT2D eigenvalue weighted by atomic mass is 10.1. The van der Waals surface area contributed by atoms with Gasteiger partial charge in [-0.25, -0.2) is 4.79 Å². The van der Waals surface area contributed by atoms with Gasteiger partial charge in [-0.15, -0.1) is 0 Å². The number of carbonyl (C=O) groups is 2. The van der Waals surface area contributed by atoms with Crippen LogP contribution in [0.4, 0.5) is 4.79 Å². The van der Waals surface area contributed by atoms with Gasteiger partial charge < -0.3 is 15.1 Å². The van der Waals surface area contributed by atoms with Crippen molar-refractivity contribution in [1.82, 2.24) is 15.1 Å². The van der Waals surface area contributed by atoms with Crippen LogP contribution in [-0.2, 0) is 11.3 Å². The second-order valence-corrected chi connectivity index (χ2v) is 4.71. The van der Waals surface area contributed by atoms with Gasteiger partial charge in [-0.1, -0.05) is 24.3 Å². The summed E-state index contributed by atoms with van der Waals surface area (Å²) in [4.78, 5) is 26.0. The molecule has 102 valence electrons. The maximum atomic E-state index is 12.0. The maximum absolute atomic E-state index is 12.0. The van der Waals surface area contributed by atoms with E-state index in [1.165, 1.54) is 5.56 Å². The van der Waals surface area contributed by atoms with E-state index < -0.39 is 0 Å². The van der Waals surface area contributed by atoms with Gasteiger partial charge in [0, 0.05) is 32.7 Å². The van der Waals surface area contributed by atoms with Crippen LogP contribution in [0, 0.1) is 6.92 Å². The molecule has 1 aromatic carbocycles. The molecule has 0 radical (unpaired) electrons. The summed E-state index contributed by atoms with van der Waals surface area (Å²) in [6.45, 7) is 4.99. The van der Waals surface area contributed by atoms with Crippen LogP contribution in [0.15, 0.2) is 24.3 Å². The monoisotopic (exact) mass is 261 g/mol. The fourth-order valence-corrected chi connectivity index (χ4v) is 2.12. The van der Waals surface area contributed by atoms with E-state index in [1.54, 1.807) is 9.80 Å². The van der Waals surface area contributed by atoms with Gasteiger partial charge in [0.05, 0.1) is 0 Å². The van der Waals surface area contributed by atoms with Crippen LogP contribution in [0.5, 0.6) is 0 Å². The van der Waals surface area contributed by atoms with Crippen molar-refractivity contribution in [3.63, 3.8) is 0 Å². The molecule has 0 aromatic heterocycles. The summed E-state index contributed by atoms with van der Waals surface area (Å²) in [6, 6.07) is 7.94. The molecule has 5 heteroatoms. The van der Waals surface area contributed by atoms with E-state index in [1.807, 2.05) is 31.2 Å². The Hall–Kier alpha value is -2.04. The Balaban J connectivity index is 1.82. The molecule has 0 saturated carbocycles. The minimum absolute atomic E-state index is 0.0613. The van der Waals surface area contributed by atoms with Gasteiger partial charge in [0.2, 0.25) is 6.41 Å². The molecule has 1 heterocycles. The molecule has 1 N–H and O–H groups in total. The highest BCUT2D eigenvalue weighted by molar-refractivity contribution is 5.74.